The van der Waals surface area contributed by atoms with Gasteiger partial charge in [0.2, 0.25) is 5.91 Å². The van der Waals surface area contributed by atoms with Crippen LogP contribution in [0.1, 0.15) is 18.4 Å². The van der Waals surface area contributed by atoms with E-state index in [-0.39, 0.29) is 12.5 Å². The van der Waals surface area contributed by atoms with Crippen LogP contribution < -0.4 is 16.0 Å². The Hall–Kier alpha value is -2.48. The molecule has 21 heavy (non-hydrogen) atoms. The monoisotopic (exact) mass is 284 g/mol. The van der Waals surface area contributed by atoms with Gasteiger partial charge in [-0.25, -0.2) is 0 Å². The molecule has 0 unspecified atom stereocenters. The lowest BCUT2D eigenvalue weighted by atomic mass is 10.2. The molecule has 1 fully saturated rings. The summed E-state index contributed by atoms with van der Waals surface area (Å²) in [6.45, 7) is 1.07. The third kappa shape index (κ3) is 5.19. The fourth-order valence-corrected chi connectivity index (χ4v) is 1.84. The first-order chi connectivity index (χ1) is 10.2. The molecule has 5 nitrogen and oxygen atoms in total. The number of amides is 1. The number of benzene rings is 1. The summed E-state index contributed by atoms with van der Waals surface area (Å²) in [5.74, 6) is 3.80. The maximum Gasteiger partial charge on any atom is 0.243 e. The number of terminal acetylenes is 1. The minimum atomic E-state index is -0.140. The highest BCUT2D eigenvalue weighted by molar-refractivity contribution is 5.95. The van der Waals surface area contributed by atoms with Crippen molar-refractivity contribution in [2.24, 2.45) is 10.9 Å². The number of hydrogen-bond donors (Lipinski definition) is 3. The second-order valence-corrected chi connectivity index (χ2v) is 5.02. The largest absolute Gasteiger partial charge is 0.356 e. The van der Waals surface area contributed by atoms with Crippen LogP contribution in [0.5, 0.6) is 0 Å². The van der Waals surface area contributed by atoms with Crippen LogP contribution in [0, 0.1) is 18.3 Å². The summed E-state index contributed by atoms with van der Waals surface area (Å²) < 4.78 is 0. The van der Waals surface area contributed by atoms with Gasteiger partial charge in [-0.2, -0.15) is 0 Å². The van der Waals surface area contributed by atoms with Gasteiger partial charge < -0.3 is 16.0 Å². The SMILES string of the molecule is C#Cc1cccc(NC(=O)CNC(=NC)NCC2CC2)c1. The molecule has 0 heterocycles. The van der Waals surface area contributed by atoms with E-state index in [1.165, 1.54) is 12.8 Å². The maximum absolute atomic E-state index is 11.9. The zero-order valence-electron chi connectivity index (χ0n) is 12.1. The molecule has 0 bridgehead atoms. The van der Waals surface area contributed by atoms with Gasteiger partial charge in [0.25, 0.3) is 0 Å². The van der Waals surface area contributed by atoms with Crippen LogP contribution >= 0.6 is 0 Å². The fraction of sp³-hybridized carbons (Fsp3) is 0.375. The van der Waals surface area contributed by atoms with Crippen LogP contribution in [0.3, 0.4) is 0 Å². The number of nitrogens with zero attached hydrogens (tertiary/aromatic N) is 1. The molecule has 0 atom stereocenters. The molecule has 0 aromatic heterocycles. The molecule has 1 aliphatic rings. The van der Waals surface area contributed by atoms with Crippen LogP contribution in [0.2, 0.25) is 0 Å². The van der Waals surface area contributed by atoms with E-state index >= 15 is 0 Å². The Morgan fingerprint density at radius 3 is 2.90 bits per heavy atom. The van der Waals surface area contributed by atoms with Gasteiger partial charge >= 0.3 is 0 Å². The number of rotatable bonds is 5. The number of carbonyl (C=O) groups is 1. The van der Waals surface area contributed by atoms with Gasteiger partial charge in [0.05, 0.1) is 6.54 Å². The minimum Gasteiger partial charge on any atom is -0.356 e. The number of aliphatic imine (C=N–C) groups is 1. The Balaban J connectivity index is 1.76. The van der Waals surface area contributed by atoms with Gasteiger partial charge in [-0.3, -0.25) is 9.79 Å². The van der Waals surface area contributed by atoms with Crippen LogP contribution in [-0.4, -0.2) is 32.0 Å². The first-order valence-electron chi connectivity index (χ1n) is 7.02. The normalized spacial score (nSPS) is 14.2. The van der Waals surface area contributed by atoms with Crippen molar-refractivity contribution in [2.75, 3.05) is 25.5 Å². The lowest BCUT2D eigenvalue weighted by Gasteiger charge is -2.11. The number of anilines is 1. The van der Waals surface area contributed by atoms with E-state index in [1.807, 2.05) is 12.1 Å². The average molecular weight is 284 g/mol. The van der Waals surface area contributed by atoms with Crippen molar-refractivity contribution < 1.29 is 4.79 Å². The molecule has 0 spiro atoms. The van der Waals surface area contributed by atoms with Gasteiger partial charge in [0, 0.05) is 24.8 Å². The Morgan fingerprint density at radius 1 is 1.43 bits per heavy atom. The summed E-state index contributed by atoms with van der Waals surface area (Å²) in [5, 5.41) is 8.98. The Kier molecular flexibility index (Phi) is 5.22. The quantitative estimate of drug-likeness (QED) is 0.432. The van der Waals surface area contributed by atoms with Crippen molar-refractivity contribution in [3.63, 3.8) is 0 Å². The topological polar surface area (TPSA) is 65.5 Å². The molecule has 1 aromatic rings. The van der Waals surface area contributed by atoms with E-state index in [0.717, 1.165) is 18.0 Å². The number of hydrogen-bond acceptors (Lipinski definition) is 2. The van der Waals surface area contributed by atoms with Crippen molar-refractivity contribution in [2.45, 2.75) is 12.8 Å². The van der Waals surface area contributed by atoms with Gasteiger partial charge in [0.15, 0.2) is 5.96 Å². The summed E-state index contributed by atoms with van der Waals surface area (Å²) in [5.41, 5.74) is 1.43. The van der Waals surface area contributed by atoms with Gasteiger partial charge in [0.1, 0.15) is 0 Å². The first kappa shape index (κ1) is 14.9. The van der Waals surface area contributed by atoms with E-state index in [4.69, 9.17) is 6.42 Å². The van der Waals surface area contributed by atoms with E-state index in [2.05, 4.69) is 26.9 Å². The molecule has 2 rings (SSSR count). The van der Waals surface area contributed by atoms with Crippen molar-refractivity contribution in [3.8, 4) is 12.3 Å². The molecule has 0 radical (unpaired) electrons. The molecule has 1 aliphatic carbocycles. The zero-order valence-corrected chi connectivity index (χ0v) is 12.1. The Bertz CT molecular complexity index is 570. The van der Waals surface area contributed by atoms with Crippen LogP contribution in [0.15, 0.2) is 29.3 Å². The summed E-state index contributed by atoms with van der Waals surface area (Å²) in [7, 11) is 1.69. The van der Waals surface area contributed by atoms with E-state index in [1.54, 1.807) is 19.2 Å². The Labute approximate surface area is 125 Å². The molecule has 110 valence electrons. The van der Waals surface area contributed by atoms with E-state index < -0.39 is 0 Å². The summed E-state index contributed by atoms with van der Waals surface area (Å²) in [6, 6.07) is 7.20. The lowest BCUT2D eigenvalue weighted by molar-refractivity contribution is -0.115. The smallest absolute Gasteiger partial charge is 0.243 e. The van der Waals surface area contributed by atoms with Gasteiger partial charge in [-0.15, -0.1) is 6.42 Å². The molecule has 1 aromatic carbocycles. The van der Waals surface area contributed by atoms with Crippen LogP contribution in [-0.2, 0) is 4.79 Å². The molecule has 0 saturated heterocycles. The van der Waals surface area contributed by atoms with Crippen LogP contribution in [0.4, 0.5) is 5.69 Å². The summed E-state index contributed by atoms with van der Waals surface area (Å²) in [6.07, 6.45) is 7.88. The number of carbonyl (C=O) groups excluding carboxylic acids is 1. The fourth-order valence-electron chi connectivity index (χ4n) is 1.84. The molecular weight excluding hydrogens is 264 g/mol. The van der Waals surface area contributed by atoms with Crippen molar-refractivity contribution in [1.29, 1.82) is 0 Å². The van der Waals surface area contributed by atoms with Gasteiger partial charge in [-0.05, 0) is 37.0 Å². The lowest BCUT2D eigenvalue weighted by Crippen LogP contribution is -2.42. The zero-order chi connectivity index (χ0) is 15.1. The van der Waals surface area contributed by atoms with Crippen molar-refractivity contribution in [3.05, 3.63) is 29.8 Å². The third-order valence-corrected chi connectivity index (χ3v) is 3.21. The highest BCUT2D eigenvalue weighted by atomic mass is 16.1. The van der Waals surface area contributed by atoms with Gasteiger partial charge in [-0.1, -0.05) is 12.0 Å². The first-order valence-corrected chi connectivity index (χ1v) is 7.02. The van der Waals surface area contributed by atoms with E-state index in [0.29, 0.717) is 11.6 Å². The second kappa shape index (κ2) is 7.34. The third-order valence-electron chi connectivity index (χ3n) is 3.21. The predicted octanol–water partition coefficient (Wildman–Crippen LogP) is 1.18. The summed E-state index contributed by atoms with van der Waals surface area (Å²) >= 11 is 0. The maximum atomic E-state index is 11.9. The van der Waals surface area contributed by atoms with Crippen molar-refractivity contribution >= 4 is 17.6 Å². The van der Waals surface area contributed by atoms with E-state index in [9.17, 15) is 4.79 Å². The molecule has 3 N–H and O–H groups in total. The second-order valence-electron chi connectivity index (χ2n) is 5.02. The highest BCUT2D eigenvalue weighted by Gasteiger charge is 2.21. The molecule has 5 heteroatoms. The number of guanidine groups is 1. The molecule has 1 saturated carbocycles. The molecule has 1 amide bonds. The summed E-state index contributed by atoms with van der Waals surface area (Å²) in [4.78, 5) is 16.0. The molecular formula is C16H20N4O. The average Bonchev–Trinajstić information content (AvgIpc) is 3.32. The van der Waals surface area contributed by atoms with Crippen molar-refractivity contribution in [1.82, 2.24) is 10.6 Å². The highest BCUT2D eigenvalue weighted by Crippen LogP contribution is 2.27. The molecule has 0 aliphatic heterocycles. The number of nitrogens with one attached hydrogen (secondary N) is 3. The standard InChI is InChI=1S/C16H20N4O/c1-3-12-5-4-6-14(9-12)20-15(21)11-19-16(17-2)18-10-13-7-8-13/h1,4-6,9,13H,7-8,10-11H2,2H3,(H,20,21)(H2,17,18,19). The Morgan fingerprint density at radius 2 is 2.24 bits per heavy atom. The minimum absolute atomic E-state index is 0.140. The van der Waals surface area contributed by atoms with Crippen LogP contribution in [0.25, 0.3) is 0 Å². The predicted molar refractivity (Wildman–Crippen MR) is 85.1 cm³/mol.